The molecule has 1 amide bonds. The fourth-order valence-electron chi connectivity index (χ4n) is 2.23. The van der Waals surface area contributed by atoms with E-state index in [0.717, 1.165) is 19.4 Å². The number of amides is 1. The summed E-state index contributed by atoms with van der Waals surface area (Å²) in [5.74, 6) is -0.686. The van der Waals surface area contributed by atoms with Crippen LogP contribution in [0.2, 0.25) is 0 Å². The van der Waals surface area contributed by atoms with Gasteiger partial charge in [-0.3, -0.25) is 14.9 Å². The van der Waals surface area contributed by atoms with E-state index in [1.54, 1.807) is 4.90 Å². The number of likely N-dealkylation sites (N-methyl/N-ethyl adjacent to an activating group) is 1. The lowest BCUT2D eigenvalue weighted by Gasteiger charge is -2.23. The summed E-state index contributed by atoms with van der Waals surface area (Å²) in [6.07, 6.45) is 2.16. The van der Waals surface area contributed by atoms with Crippen molar-refractivity contribution in [3.8, 4) is 0 Å². The van der Waals surface area contributed by atoms with E-state index in [1.165, 1.54) is 12.1 Å². The fourth-order valence-corrected chi connectivity index (χ4v) is 2.23. The zero-order chi connectivity index (χ0) is 13.8. The van der Waals surface area contributed by atoms with Gasteiger partial charge in [-0.2, -0.15) is 0 Å². The maximum Gasteiger partial charge on any atom is 0.433 e. The molecule has 0 spiro atoms. The van der Waals surface area contributed by atoms with E-state index in [2.05, 4.69) is 5.32 Å². The SMILES string of the molecule is CCN(CC1CCCN1)C(=O)c1ccc([N+](=O)[O-])o1. The molecule has 1 unspecified atom stereocenters. The van der Waals surface area contributed by atoms with E-state index in [1.807, 2.05) is 6.92 Å². The van der Waals surface area contributed by atoms with E-state index >= 15 is 0 Å². The molecular formula is C12H17N3O4. The van der Waals surface area contributed by atoms with Gasteiger partial charge in [0.05, 0.1) is 6.07 Å². The van der Waals surface area contributed by atoms with Gasteiger partial charge >= 0.3 is 5.88 Å². The molecule has 19 heavy (non-hydrogen) atoms. The highest BCUT2D eigenvalue weighted by Gasteiger charge is 2.24. The van der Waals surface area contributed by atoms with Crippen LogP contribution >= 0.6 is 0 Å². The van der Waals surface area contributed by atoms with Crippen molar-refractivity contribution in [2.24, 2.45) is 0 Å². The molecule has 1 saturated heterocycles. The summed E-state index contributed by atoms with van der Waals surface area (Å²) in [5, 5.41) is 13.9. The third-order valence-corrected chi connectivity index (χ3v) is 3.25. The van der Waals surface area contributed by atoms with Crippen LogP contribution in [0.15, 0.2) is 16.5 Å². The van der Waals surface area contributed by atoms with Crippen LogP contribution in [0.3, 0.4) is 0 Å². The van der Waals surface area contributed by atoms with Crippen molar-refractivity contribution in [1.82, 2.24) is 10.2 Å². The summed E-state index contributed by atoms with van der Waals surface area (Å²) >= 11 is 0. The van der Waals surface area contributed by atoms with Crippen LogP contribution in [0.5, 0.6) is 0 Å². The lowest BCUT2D eigenvalue weighted by atomic mass is 10.2. The quantitative estimate of drug-likeness (QED) is 0.643. The van der Waals surface area contributed by atoms with E-state index in [-0.39, 0.29) is 11.7 Å². The molecule has 7 nitrogen and oxygen atoms in total. The number of nitrogens with one attached hydrogen (secondary N) is 1. The third-order valence-electron chi connectivity index (χ3n) is 3.25. The second-order valence-corrected chi connectivity index (χ2v) is 4.53. The molecule has 0 aromatic carbocycles. The highest BCUT2D eigenvalue weighted by molar-refractivity contribution is 5.91. The molecule has 1 aromatic heterocycles. The Morgan fingerprint density at radius 1 is 1.63 bits per heavy atom. The van der Waals surface area contributed by atoms with Crippen LogP contribution in [0.1, 0.15) is 30.3 Å². The maximum atomic E-state index is 12.2. The van der Waals surface area contributed by atoms with Crippen molar-refractivity contribution in [3.05, 3.63) is 28.0 Å². The highest BCUT2D eigenvalue weighted by atomic mass is 16.6. The molecule has 1 aliphatic rings. The van der Waals surface area contributed by atoms with E-state index in [4.69, 9.17) is 4.42 Å². The van der Waals surface area contributed by atoms with Crippen molar-refractivity contribution in [3.63, 3.8) is 0 Å². The number of nitrogens with zero attached hydrogens (tertiary/aromatic N) is 2. The largest absolute Gasteiger partial charge is 0.433 e. The number of hydrogen-bond donors (Lipinski definition) is 1. The van der Waals surface area contributed by atoms with Crippen molar-refractivity contribution in [1.29, 1.82) is 0 Å². The maximum absolute atomic E-state index is 12.2. The summed E-state index contributed by atoms with van der Waals surface area (Å²) in [5.41, 5.74) is 0. The van der Waals surface area contributed by atoms with Gasteiger partial charge in [0, 0.05) is 19.1 Å². The van der Waals surface area contributed by atoms with Crippen molar-refractivity contribution >= 4 is 11.8 Å². The van der Waals surface area contributed by atoms with Gasteiger partial charge in [-0.25, -0.2) is 0 Å². The van der Waals surface area contributed by atoms with Gasteiger partial charge in [0.2, 0.25) is 0 Å². The molecule has 1 aliphatic heterocycles. The molecular weight excluding hydrogens is 250 g/mol. The Kier molecular flexibility index (Phi) is 4.16. The van der Waals surface area contributed by atoms with Crippen LogP contribution in [-0.4, -0.2) is 41.4 Å². The molecule has 7 heteroatoms. The smallest absolute Gasteiger partial charge is 0.395 e. The Bertz CT molecular complexity index is 465. The number of carbonyl (C=O) groups excluding carboxylic acids is 1. The molecule has 2 heterocycles. The second kappa shape index (κ2) is 5.83. The average Bonchev–Trinajstić information content (AvgIpc) is 3.06. The summed E-state index contributed by atoms with van der Waals surface area (Å²) < 4.78 is 4.94. The van der Waals surface area contributed by atoms with Crippen molar-refractivity contribution < 1.29 is 14.1 Å². The van der Waals surface area contributed by atoms with Gasteiger partial charge in [-0.15, -0.1) is 0 Å². The van der Waals surface area contributed by atoms with Gasteiger partial charge in [0.1, 0.15) is 4.92 Å². The second-order valence-electron chi connectivity index (χ2n) is 4.53. The molecule has 1 fully saturated rings. The first-order valence-electron chi connectivity index (χ1n) is 6.38. The Hall–Kier alpha value is -1.89. The summed E-state index contributed by atoms with van der Waals surface area (Å²) in [4.78, 5) is 23.7. The Morgan fingerprint density at radius 2 is 2.42 bits per heavy atom. The van der Waals surface area contributed by atoms with E-state index in [0.29, 0.717) is 19.1 Å². The van der Waals surface area contributed by atoms with Gasteiger partial charge in [0.25, 0.3) is 5.91 Å². The van der Waals surface area contributed by atoms with Crippen LogP contribution in [0, 0.1) is 10.1 Å². The Labute approximate surface area is 110 Å². The zero-order valence-corrected chi connectivity index (χ0v) is 10.8. The Morgan fingerprint density at radius 3 is 2.95 bits per heavy atom. The molecule has 2 rings (SSSR count). The molecule has 1 aromatic rings. The van der Waals surface area contributed by atoms with Gasteiger partial charge in [0.15, 0.2) is 5.76 Å². The van der Waals surface area contributed by atoms with Gasteiger partial charge < -0.3 is 14.6 Å². The summed E-state index contributed by atoms with van der Waals surface area (Å²) in [6, 6.07) is 2.86. The number of carbonyl (C=O) groups is 1. The van der Waals surface area contributed by atoms with Gasteiger partial charge in [-0.05, 0) is 32.4 Å². The summed E-state index contributed by atoms with van der Waals surface area (Å²) in [6.45, 7) is 4.00. The minimum atomic E-state index is -0.647. The van der Waals surface area contributed by atoms with Gasteiger partial charge in [-0.1, -0.05) is 0 Å². The Balaban J connectivity index is 2.04. The molecule has 0 saturated carbocycles. The molecule has 1 atom stereocenters. The molecule has 104 valence electrons. The van der Waals surface area contributed by atoms with Crippen molar-refractivity contribution in [2.45, 2.75) is 25.8 Å². The molecule has 1 N–H and O–H groups in total. The first-order valence-corrected chi connectivity index (χ1v) is 6.38. The lowest BCUT2D eigenvalue weighted by Crippen LogP contribution is -2.40. The lowest BCUT2D eigenvalue weighted by molar-refractivity contribution is -0.402. The predicted molar refractivity (Wildman–Crippen MR) is 68.0 cm³/mol. The molecule has 0 radical (unpaired) electrons. The first-order chi connectivity index (χ1) is 9.11. The number of furan rings is 1. The predicted octanol–water partition coefficient (Wildman–Crippen LogP) is 1.40. The minimum absolute atomic E-state index is 0.0200. The normalized spacial score (nSPS) is 18.5. The third kappa shape index (κ3) is 3.11. The minimum Gasteiger partial charge on any atom is -0.395 e. The monoisotopic (exact) mass is 267 g/mol. The van der Waals surface area contributed by atoms with Crippen LogP contribution in [0.25, 0.3) is 0 Å². The van der Waals surface area contributed by atoms with Crippen molar-refractivity contribution in [2.75, 3.05) is 19.6 Å². The number of hydrogen-bond acceptors (Lipinski definition) is 5. The topological polar surface area (TPSA) is 88.6 Å². The molecule has 0 aliphatic carbocycles. The van der Waals surface area contributed by atoms with Crippen LogP contribution in [-0.2, 0) is 0 Å². The number of nitro groups is 1. The first kappa shape index (κ1) is 13.5. The average molecular weight is 267 g/mol. The number of rotatable bonds is 5. The molecule has 0 bridgehead atoms. The fraction of sp³-hybridized carbons (Fsp3) is 0.583. The zero-order valence-electron chi connectivity index (χ0n) is 10.8. The van der Waals surface area contributed by atoms with E-state index < -0.39 is 10.8 Å². The van der Waals surface area contributed by atoms with Crippen LogP contribution < -0.4 is 5.32 Å². The summed E-state index contributed by atoms with van der Waals surface area (Å²) in [7, 11) is 0. The van der Waals surface area contributed by atoms with E-state index in [9.17, 15) is 14.9 Å². The standard InChI is InChI=1S/C12H17N3O4/c1-2-14(8-9-4-3-7-13-9)12(16)10-5-6-11(19-10)15(17)18/h5-6,9,13H,2-4,7-8H2,1H3. The highest BCUT2D eigenvalue weighted by Crippen LogP contribution is 2.18. The van der Waals surface area contributed by atoms with Crippen LogP contribution in [0.4, 0.5) is 5.88 Å².